The first-order valence-electron chi connectivity index (χ1n) is 6.97. The van der Waals surface area contributed by atoms with Gasteiger partial charge >= 0.3 is 0 Å². The summed E-state index contributed by atoms with van der Waals surface area (Å²) in [6, 6.07) is 8.03. The molecule has 2 rings (SSSR count). The Balaban J connectivity index is 1.96. The summed E-state index contributed by atoms with van der Waals surface area (Å²) in [6.07, 6.45) is 6.22. The molecule has 1 aliphatic rings. The number of hydrazine groups is 1. The maximum atomic E-state index is 6.27. The van der Waals surface area contributed by atoms with Crippen LogP contribution in [0.4, 0.5) is 0 Å². The largest absolute Gasteiger partial charge is 0.494 e. The van der Waals surface area contributed by atoms with Crippen LogP contribution in [-0.2, 0) is 6.42 Å². The van der Waals surface area contributed by atoms with E-state index in [1.54, 1.807) is 17.4 Å². The Kier molecular flexibility index (Phi) is 5.91. The molecular formula is C15H19ClN4OS. The number of benzene rings is 1. The van der Waals surface area contributed by atoms with E-state index in [2.05, 4.69) is 11.5 Å². The highest BCUT2D eigenvalue weighted by Gasteiger charge is 2.12. The molecule has 7 heteroatoms. The van der Waals surface area contributed by atoms with Crippen molar-refractivity contribution in [3.05, 3.63) is 53.6 Å². The number of para-hydroxylation sites is 1. The molecule has 0 aromatic heterocycles. The van der Waals surface area contributed by atoms with Crippen molar-refractivity contribution >= 4 is 28.9 Å². The minimum atomic E-state index is 0.185. The summed E-state index contributed by atoms with van der Waals surface area (Å²) in [4.78, 5) is 1.95. The number of nitrogens with zero attached hydrogens (tertiary/aromatic N) is 2. The second-order valence-electron chi connectivity index (χ2n) is 4.62. The molecule has 0 amide bonds. The standard InChI is InChI=1S/C15H19ClN4OS/c1-2-21-13-6-4-3-5-12(13)7-8-19-9-10-20(11-14(19)16)18-15(17)22/h3-6,9-11H,2,7-8H2,1H3,(H3,17,18,22). The van der Waals surface area contributed by atoms with Crippen LogP contribution in [0, 0.1) is 0 Å². The molecule has 0 fully saturated rings. The van der Waals surface area contributed by atoms with Gasteiger partial charge in [0.2, 0.25) is 0 Å². The van der Waals surface area contributed by atoms with Gasteiger partial charge in [-0.3, -0.25) is 10.4 Å². The smallest absolute Gasteiger partial charge is 0.183 e. The fourth-order valence-corrected chi connectivity index (χ4v) is 2.43. The summed E-state index contributed by atoms with van der Waals surface area (Å²) in [5, 5.41) is 2.39. The highest BCUT2D eigenvalue weighted by molar-refractivity contribution is 7.80. The zero-order valence-corrected chi connectivity index (χ0v) is 13.9. The van der Waals surface area contributed by atoms with E-state index in [4.69, 9.17) is 34.3 Å². The van der Waals surface area contributed by atoms with Gasteiger partial charge in [0, 0.05) is 18.9 Å². The molecule has 0 aliphatic carbocycles. The van der Waals surface area contributed by atoms with Gasteiger partial charge in [0.15, 0.2) is 5.11 Å². The molecule has 1 aromatic rings. The van der Waals surface area contributed by atoms with Crippen LogP contribution in [0.5, 0.6) is 5.75 Å². The molecule has 0 unspecified atom stereocenters. The van der Waals surface area contributed by atoms with E-state index in [1.165, 1.54) is 0 Å². The highest BCUT2D eigenvalue weighted by atomic mass is 35.5. The van der Waals surface area contributed by atoms with Crippen LogP contribution >= 0.6 is 23.8 Å². The first-order valence-corrected chi connectivity index (χ1v) is 7.76. The Morgan fingerprint density at radius 3 is 2.82 bits per heavy atom. The predicted octanol–water partition coefficient (Wildman–Crippen LogP) is 2.50. The molecule has 1 aromatic carbocycles. The van der Waals surface area contributed by atoms with Crippen molar-refractivity contribution in [2.24, 2.45) is 5.73 Å². The predicted molar refractivity (Wildman–Crippen MR) is 92.9 cm³/mol. The lowest BCUT2D eigenvalue weighted by atomic mass is 10.1. The number of halogens is 1. The second kappa shape index (κ2) is 7.91. The maximum absolute atomic E-state index is 6.27. The van der Waals surface area contributed by atoms with Crippen LogP contribution in [0.25, 0.3) is 0 Å². The number of hydrogen-bond acceptors (Lipinski definition) is 4. The maximum Gasteiger partial charge on any atom is 0.183 e. The third kappa shape index (κ3) is 4.54. The Labute approximate surface area is 140 Å². The third-order valence-electron chi connectivity index (χ3n) is 3.06. The normalized spacial score (nSPS) is 13.8. The quantitative estimate of drug-likeness (QED) is 0.614. The summed E-state index contributed by atoms with van der Waals surface area (Å²) in [5.74, 6) is 0.919. The summed E-state index contributed by atoms with van der Waals surface area (Å²) in [5.41, 5.74) is 9.37. The van der Waals surface area contributed by atoms with E-state index >= 15 is 0 Å². The topological polar surface area (TPSA) is 53.8 Å². The first kappa shape index (κ1) is 16.5. The van der Waals surface area contributed by atoms with Crippen LogP contribution < -0.4 is 15.9 Å². The van der Waals surface area contributed by atoms with Gasteiger partial charge in [-0.2, -0.15) is 0 Å². The fraction of sp³-hybridized carbons (Fsp3) is 0.267. The number of hydrogen-bond donors (Lipinski definition) is 2. The average molecular weight is 339 g/mol. The van der Waals surface area contributed by atoms with Crippen molar-refractivity contribution in [1.82, 2.24) is 15.3 Å². The zero-order chi connectivity index (χ0) is 15.9. The van der Waals surface area contributed by atoms with E-state index < -0.39 is 0 Å². The SMILES string of the molecule is CCOc1ccccc1CCN1C=CN(NC(N)=S)C=C1Cl. The van der Waals surface area contributed by atoms with E-state index in [0.29, 0.717) is 11.8 Å². The number of nitrogens with one attached hydrogen (secondary N) is 1. The van der Waals surface area contributed by atoms with Crippen molar-refractivity contribution in [3.8, 4) is 5.75 Å². The number of thiocarbonyl (C=S) groups is 1. The Morgan fingerprint density at radius 1 is 1.36 bits per heavy atom. The van der Waals surface area contributed by atoms with Crippen LogP contribution in [0.2, 0.25) is 0 Å². The Bertz CT molecular complexity index is 591. The van der Waals surface area contributed by atoms with Crippen LogP contribution in [-0.4, -0.2) is 28.2 Å². The van der Waals surface area contributed by atoms with Gasteiger partial charge < -0.3 is 15.4 Å². The minimum absolute atomic E-state index is 0.185. The van der Waals surface area contributed by atoms with Gasteiger partial charge in [0.1, 0.15) is 10.9 Å². The van der Waals surface area contributed by atoms with E-state index in [9.17, 15) is 0 Å². The molecule has 1 heterocycles. The van der Waals surface area contributed by atoms with Crippen molar-refractivity contribution in [3.63, 3.8) is 0 Å². The molecule has 0 bridgehead atoms. The number of rotatable bonds is 6. The van der Waals surface area contributed by atoms with Crippen molar-refractivity contribution in [2.45, 2.75) is 13.3 Å². The van der Waals surface area contributed by atoms with Crippen molar-refractivity contribution < 1.29 is 4.74 Å². The van der Waals surface area contributed by atoms with E-state index in [-0.39, 0.29) is 5.11 Å². The fourth-order valence-electron chi connectivity index (χ4n) is 2.08. The lowest BCUT2D eigenvalue weighted by molar-refractivity contribution is 0.334. The minimum Gasteiger partial charge on any atom is -0.494 e. The highest BCUT2D eigenvalue weighted by Crippen LogP contribution is 2.21. The molecular weight excluding hydrogens is 320 g/mol. The molecule has 118 valence electrons. The molecule has 0 spiro atoms. The van der Waals surface area contributed by atoms with Gasteiger partial charge in [-0.15, -0.1) is 0 Å². The second-order valence-corrected chi connectivity index (χ2v) is 5.44. The molecule has 22 heavy (non-hydrogen) atoms. The molecule has 3 N–H and O–H groups in total. The van der Waals surface area contributed by atoms with E-state index in [1.807, 2.05) is 36.2 Å². The Hall–Kier alpha value is -1.92. The van der Waals surface area contributed by atoms with Gasteiger partial charge in [-0.1, -0.05) is 29.8 Å². The molecule has 0 radical (unpaired) electrons. The van der Waals surface area contributed by atoms with E-state index in [0.717, 1.165) is 24.3 Å². The van der Waals surface area contributed by atoms with Gasteiger partial charge in [-0.05, 0) is 37.2 Å². The lowest BCUT2D eigenvalue weighted by Gasteiger charge is -2.28. The monoisotopic (exact) mass is 338 g/mol. The number of ether oxygens (including phenoxy) is 1. The average Bonchev–Trinajstić information content (AvgIpc) is 2.47. The van der Waals surface area contributed by atoms with Gasteiger partial charge in [-0.25, -0.2) is 0 Å². The van der Waals surface area contributed by atoms with Crippen molar-refractivity contribution in [1.29, 1.82) is 0 Å². The molecule has 0 saturated heterocycles. The number of nitrogens with two attached hydrogens (primary N) is 1. The molecule has 0 atom stereocenters. The van der Waals surface area contributed by atoms with Crippen LogP contribution in [0.3, 0.4) is 0 Å². The molecule has 0 saturated carbocycles. The first-order chi connectivity index (χ1) is 10.6. The molecule has 5 nitrogen and oxygen atoms in total. The summed E-state index contributed by atoms with van der Waals surface area (Å²) >= 11 is 11.1. The summed E-state index contributed by atoms with van der Waals surface area (Å²) < 4.78 is 5.63. The molecule has 1 aliphatic heterocycles. The van der Waals surface area contributed by atoms with Crippen LogP contribution in [0.1, 0.15) is 12.5 Å². The van der Waals surface area contributed by atoms with Crippen molar-refractivity contribution in [2.75, 3.05) is 13.2 Å². The van der Waals surface area contributed by atoms with Gasteiger partial charge in [0.25, 0.3) is 0 Å². The summed E-state index contributed by atoms with van der Waals surface area (Å²) in [7, 11) is 0. The zero-order valence-electron chi connectivity index (χ0n) is 12.3. The summed E-state index contributed by atoms with van der Waals surface area (Å²) in [6.45, 7) is 3.38. The third-order valence-corrected chi connectivity index (χ3v) is 3.47. The lowest BCUT2D eigenvalue weighted by Crippen LogP contribution is -2.40. The van der Waals surface area contributed by atoms with Crippen LogP contribution in [0.15, 0.2) is 48.0 Å². The Morgan fingerprint density at radius 2 is 2.14 bits per heavy atom. The van der Waals surface area contributed by atoms with Gasteiger partial charge in [0.05, 0.1) is 12.8 Å².